The van der Waals surface area contributed by atoms with Crippen LogP contribution in [0.2, 0.25) is 5.02 Å². The van der Waals surface area contributed by atoms with Crippen LogP contribution in [0.5, 0.6) is 0 Å². The van der Waals surface area contributed by atoms with Gasteiger partial charge in [0, 0.05) is 25.9 Å². The zero-order valence-corrected chi connectivity index (χ0v) is 12.3. The van der Waals surface area contributed by atoms with Crippen molar-refractivity contribution in [1.82, 2.24) is 10.3 Å². The van der Waals surface area contributed by atoms with E-state index in [1.807, 2.05) is 6.92 Å². The minimum atomic E-state index is -0.207. The molecule has 1 heterocycles. The molecule has 0 aromatic carbocycles. The second-order valence-corrected chi connectivity index (χ2v) is 4.72. The van der Waals surface area contributed by atoms with E-state index in [0.29, 0.717) is 23.0 Å². The van der Waals surface area contributed by atoms with Crippen molar-refractivity contribution in [2.45, 2.75) is 26.3 Å². The molecule has 0 bridgehead atoms. The average molecular weight is 286 g/mol. The Labute approximate surface area is 118 Å². The van der Waals surface area contributed by atoms with E-state index in [0.717, 1.165) is 13.0 Å². The molecule has 1 atom stereocenters. The van der Waals surface area contributed by atoms with E-state index in [9.17, 15) is 4.79 Å². The lowest BCUT2D eigenvalue weighted by atomic mass is 10.2. The maximum absolute atomic E-state index is 11.9. The normalized spacial score (nSPS) is 12.0. The number of carbonyl (C=O) groups is 1. The number of halogens is 1. The molecule has 19 heavy (non-hydrogen) atoms. The van der Waals surface area contributed by atoms with Crippen LogP contribution in [-0.4, -0.2) is 37.2 Å². The van der Waals surface area contributed by atoms with Crippen molar-refractivity contribution in [1.29, 1.82) is 0 Å². The SMILES string of the molecule is CCCNc1ncc(C(=O)NC(C)COC)cc1Cl. The molecule has 1 unspecified atom stereocenters. The number of rotatable bonds is 7. The molecule has 1 amide bonds. The van der Waals surface area contributed by atoms with Crippen LogP contribution in [0.15, 0.2) is 12.3 Å². The van der Waals surface area contributed by atoms with Crippen LogP contribution in [0.3, 0.4) is 0 Å². The summed E-state index contributed by atoms with van der Waals surface area (Å²) in [4.78, 5) is 16.1. The molecule has 0 saturated carbocycles. The largest absolute Gasteiger partial charge is 0.383 e. The van der Waals surface area contributed by atoms with Crippen molar-refractivity contribution < 1.29 is 9.53 Å². The molecule has 5 nitrogen and oxygen atoms in total. The minimum Gasteiger partial charge on any atom is -0.383 e. The number of methoxy groups -OCH3 is 1. The number of nitrogens with zero attached hydrogens (tertiary/aromatic N) is 1. The number of carbonyl (C=O) groups excluding carboxylic acids is 1. The van der Waals surface area contributed by atoms with Gasteiger partial charge in [0.05, 0.1) is 17.2 Å². The lowest BCUT2D eigenvalue weighted by Gasteiger charge is -2.13. The third kappa shape index (κ3) is 5.04. The molecule has 0 aliphatic heterocycles. The number of anilines is 1. The second-order valence-electron chi connectivity index (χ2n) is 4.31. The van der Waals surface area contributed by atoms with Gasteiger partial charge in [-0.2, -0.15) is 0 Å². The number of ether oxygens (including phenoxy) is 1. The van der Waals surface area contributed by atoms with Crippen LogP contribution in [0.25, 0.3) is 0 Å². The first kappa shape index (κ1) is 15.7. The van der Waals surface area contributed by atoms with Crippen LogP contribution < -0.4 is 10.6 Å². The molecule has 0 spiro atoms. The Morgan fingerprint density at radius 3 is 2.89 bits per heavy atom. The third-order valence-electron chi connectivity index (χ3n) is 2.44. The Morgan fingerprint density at radius 1 is 1.58 bits per heavy atom. The molecule has 0 saturated heterocycles. The first-order valence-corrected chi connectivity index (χ1v) is 6.65. The van der Waals surface area contributed by atoms with E-state index in [2.05, 4.69) is 22.5 Å². The lowest BCUT2D eigenvalue weighted by molar-refractivity contribution is 0.0905. The van der Waals surface area contributed by atoms with Gasteiger partial charge in [0.2, 0.25) is 0 Å². The summed E-state index contributed by atoms with van der Waals surface area (Å²) in [6.07, 6.45) is 2.49. The Bertz CT molecular complexity index is 426. The van der Waals surface area contributed by atoms with Crippen LogP contribution in [-0.2, 0) is 4.74 Å². The highest BCUT2D eigenvalue weighted by atomic mass is 35.5. The number of hydrogen-bond donors (Lipinski definition) is 2. The predicted molar refractivity (Wildman–Crippen MR) is 76.8 cm³/mol. The minimum absolute atomic E-state index is 0.0610. The highest BCUT2D eigenvalue weighted by Gasteiger charge is 2.12. The van der Waals surface area contributed by atoms with Gasteiger partial charge >= 0.3 is 0 Å². The van der Waals surface area contributed by atoms with E-state index in [-0.39, 0.29) is 11.9 Å². The summed E-state index contributed by atoms with van der Waals surface area (Å²) in [5, 5.41) is 6.34. The predicted octanol–water partition coefficient (Wildman–Crippen LogP) is 2.32. The molecule has 2 N–H and O–H groups in total. The van der Waals surface area contributed by atoms with Crippen molar-refractivity contribution in [3.8, 4) is 0 Å². The highest BCUT2D eigenvalue weighted by Crippen LogP contribution is 2.20. The number of aromatic nitrogens is 1. The van der Waals surface area contributed by atoms with Crippen molar-refractivity contribution in [3.05, 3.63) is 22.8 Å². The quantitative estimate of drug-likeness (QED) is 0.807. The molecule has 0 aliphatic rings. The van der Waals surface area contributed by atoms with Gasteiger partial charge < -0.3 is 15.4 Å². The van der Waals surface area contributed by atoms with Crippen molar-refractivity contribution >= 4 is 23.3 Å². The number of pyridine rings is 1. The number of nitrogens with one attached hydrogen (secondary N) is 2. The zero-order chi connectivity index (χ0) is 14.3. The Kier molecular flexibility index (Phi) is 6.59. The molecule has 1 aromatic heterocycles. The zero-order valence-electron chi connectivity index (χ0n) is 11.5. The van der Waals surface area contributed by atoms with E-state index >= 15 is 0 Å². The highest BCUT2D eigenvalue weighted by molar-refractivity contribution is 6.33. The Balaban J connectivity index is 2.68. The van der Waals surface area contributed by atoms with Gasteiger partial charge in [-0.25, -0.2) is 4.98 Å². The van der Waals surface area contributed by atoms with Gasteiger partial charge in [-0.3, -0.25) is 4.79 Å². The van der Waals surface area contributed by atoms with Gasteiger partial charge in [-0.05, 0) is 19.4 Å². The van der Waals surface area contributed by atoms with E-state index in [1.54, 1.807) is 13.2 Å². The molecule has 0 aliphatic carbocycles. The summed E-state index contributed by atoms with van der Waals surface area (Å²) in [6, 6.07) is 1.55. The van der Waals surface area contributed by atoms with Crippen LogP contribution >= 0.6 is 11.6 Å². The standard InChI is InChI=1S/C13H20ClN3O2/c1-4-5-15-12-11(14)6-10(7-16-12)13(18)17-9(2)8-19-3/h6-7,9H,4-5,8H2,1-3H3,(H,15,16)(H,17,18). The molecule has 0 radical (unpaired) electrons. The van der Waals surface area contributed by atoms with Crippen LogP contribution in [0, 0.1) is 0 Å². The molecule has 6 heteroatoms. The van der Waals surface area contributed by atoms with E-state index < -0.39 is 0 Å². The van der Waals surface area contributed by atoms with Crippen molar-refractivity contribution in [3.63, 3.8) is 0 Å². The van der Waals surface area contributed by atoms with E-state index in [1.165, 1.54) is 6.20 Å². The maximum atomic E-state index is 11.9. The fourth-order valence-corrected chi connectivity index (χ4v) is 1.77. The van der Waals surface area contributed by atoms with Crippen LogP contribution in [0.4, 0.5) is 5.82 Å². The summed E-state index contributed by atoms with van der Waals surface area (Å²) < 4.78 is 4.96. The summed E-state index contributed by atoms with van der Waals surface area (Å²) in [5.74, 6) is 0.394. The average Bonchev–Trinajstić information content (AvgIpc) is 2.37. The fraction of sp³-hybridized carbons (Fsp3) is 0.538. The number of amides is 1. The fourth-order valence-electron chi connectivity index (χ4n) is 1.53. The smallest absolute Gasteiger partial charge is 0.253 e. The van der Waals surface area contributed by atoms with Gasteiger partial charge in [0.15, 0.2) is 0 Å². The second kappa shape index (κ2) is 7.96. The summed E-state index contributed by atoms with van der Waals surface area (Å²) in [5.41, 5.74) is 0.440. The monoisotopic (exact) mass is 285 g/mol. The van der Waals surface area contributed by atoms with Gasteiger partial charge in [-0.15, -0.1) is 0 Å². The van der Waals surface area contributed by atoms with Crippen molar-refractivity contribution in [2.75, 3.05) is 25.6 Å². The molecular weight excluding hydrogens is 266 g/mol. The molecular formula is C13H20ClN3O2. The third-order valence-corrected chi connectivity index (χ3v) is 2.73. The first-order chi connectivity index (χ1) is 9.08. The molecule has 106 valence electrons. The topological polar surface area (TPSA) is 63.2 Å². The summed E-state index contributed by atoms with van der Waals surface area (Å²) in [7, 11) is 1.59. The van der Waals surface area contributed by atoms with Gasteiger partial charge in [0.25, 0.3) is 5.91 Å². The Hall–Kier alpha value is -1.33. The summed E-state index contributed by atoms with van der Waals surface area (Å²) in [6.45, 7) is 5.18. The van der Waals surface area contributed by atoms with E-state index in [4.69, 9.17) is 16.3 Å². The number of hydrogen-bond acceptors (Lipinski definition) is 4. The summed E-state index contributed by atoms with van der Waals surface area (Å²) >= 11 is 6.08. The van der Waals surface area contributed by atoms with Gasteiger partial charge in [-0.1, -0.05) is 18.5 Å². The lowest BCUT2D eigenvalue weighted by Crippen LogP contribution is -2.35. The van der Waals surface area contributed by atoms with Crippen LogP contribution in [0.1, 0.15) is 30.6 Å². The first-order valence-electron chi connectivity index (χ1n) is 6.27. The van der Waals surface area contributed by atoms with Gasteiger partial charge in [0.1, 0.15) is 5.82 Å². The molecule has 0 fully saturated rings. The molecule has 1 aromatic rings. The Morgan fingerprint density at radius 2 is 2.32 bits per heavy atom. The maximum Gasteiger partial charge on any atom is 0.253 e. The molecule has 1 rings (SSSR count). The van der Waals surface area contributed by atoms with Crippen molar-refractivity contribution in [2.24, 2.45) is 0 Å².